The number of hydrogen-bond acceptors (Lipinski definition) is 3. The van der Waals surface area contributed by atoms with E-state index in [2.05, 4.69) is 5.32 Å². The minimum atomic E-state index is -0.0256. The van der Waals surface area contributed by atoms with Gasteiger partial charge in [-0.1, -0.05) is 12.5 Å². The lowest BCUT2D eigenvalue weighted by atomic mass is 10.0. The van der Waals surface area contributed by atoms with Gasteiger partial charge in [-0.3, -0.25) is 4.79 Å². The molecule has 4 heteroatoms. The molecule has 1 unspecified atom stereocenters. The SMILES string of the molecule is Cc1ccc(C(=O)N(CC2CCCCN2)C2CC2)c(O)c1. The van der Waals surface area contributed by atoms with E-state index in [0.717, 1.165) is 37.9 Å². The van der Waals surface area contributed by atoms with Crippen molar-refractivity contribution in [3.05, 3.63) is 29.3 Å². The van der Waals surface area contributed by atoms with Gasteiger partial charge in [0.1, 0.15) is 5.75 Å². The number of carbonyl (C=O) groups is 1. The van der Waals surface area contributed by atoms with E-state index in [1.165, 1.54) is 12.8 Å². The summed E-state index contributed by atoms with van der Waals surface area (Å²) in [5.74, 6) is 0.0737. The first-order chi connectivity index (χ1) is 10.1. The second-order valence-electron chi connectivity index (χ2n) is 6.36. The third-order valence-electron chi connectivity index (χ3n) is 4.46. The van der Waals surface area contributed by atoms with E-state index < -0.39 is 0 Å². The van der Waals surface area contributed by atoms with Crippen LogP contribution in [0.1, 0.15) is 48.0 Å². The number of hydrogen-bond donors (Lipinski definition) is 2. The predicted octanol–water partition coefficient (Wildman–Crippen LogP) is 2.45. The average molecular weight is 288 g/mol. The maximum absolute atomic E-state index is 12.8. The summed E-state index contributed by atoms with van der Waals surface area (Å²) in [5, 5.41) is 13.6. The predicted molar refractivity (Wildman–Crippen MR) is 82.5 cm³/mol. The molecular formula is C17H24N2O2. The van der Waals surface area contributed by atoms with Gasteiger partial charge in [0, 0.05) is 18.6 Å². The molecule has 2 N–H and O–H groups in total. The number of nitrogens with zero attached hydrogens (tertiary/aromatic N) is 1. The molecule has 0 radical (unpaired) electrons. The van der Waals surface area contributed by atoms with Crippen molar-refractivity contribution in [1.29, 1.82) is 0 Å². The fourth-order valence-electron chi connectivity index (χ4n) is 3.08. The molecular weight excluding hydrogens is 264 g/mol. The summed E-state index contributed by atoms with van der Waals surface area (Å²) < 4.78 is 0. The van der Waals surface area contributed by atoms with Gasteiger partial charge in [-0.25, -0.2) is 0 Å². The van der Waals surface area contributed by atoms with E-state index in [1.807, 2.05) is 17.9 Å². The molecule has 0 spiro atoms. The third-order valence-corrected chi connectivity index (χ3v) is 4.46. The van der Waals surface area contributed by atoms with Crippen LogP contribution in [0.25, 0.3) is 0 Å². The van der Waals surface area contributed by atoms with E-state index in [-0.39, 0.29) is 11.7 Å². The van der Waals surface area contributed by atoms with Crippen molar-refractivity contribution in [2.75, 3.05) is 13.1 Å². The van der Waals surface area contributed by atoms with E-state index in [0.29, 0.717) is 17.6 Å². The Hall–Kier alpha value is -1.55. The lowest BCUT2D eigenvalue weighted by Crippen LogP contribution is -2.46. The van der Waals surface area contributed by atoms with Gasteiger partial charge in [0.2, 0.25) is 0 Å². The molecule has 2 aliphatic rings. The van der Waals surface area contributed by atoms with Crippen LogP contribution < -0.4 is 5.32 Å². The van der Waals surface area contributed by atoms with Crippen LogP contribution in [-0.2, 0) is 0 Å². The van der Waals surface area contributed by atoms with Crippen molar-refractivity contribution in [1.82, 2.24) is 10.2 Å². The molecule has 4 nitrogen and oxygen atoms in total. The molecule has 3 rings (SSSR count). The summed E-state index contributed by atoms with van der Waals surface area (Å²) in [7, 11) is 0. The normalized spacial score (nSPS) is 22.0. The molecule has 0 aromatic heterocycles. The summed E-state index contributed by atoms with van der Waals surface area (Å²) in [5.41, 5.74) is 1.40. The monoisotopic (exact) mass is 288 g/mol. The number of carbonyl (C=O) groups excluding carboxylic acids is 1. The van der Waals surface area contributed by atoms with E-state index in [4.69, 9.17) is 0 Å². The second-order valence-corrected chi connectivity index (χ2v) is 6.36. The lowest BCUT2D eigenvalue weighted by molar-refractivity contribution is 0.0715. The maximum Gasteiger partial charge on any atom is 0.257 e. The Morgan fingerprint density at radius 2 is 2.14 bits per heavy atom. The summed E-state index contributed by atoms with van der Waals surface area (Å²) >= 11 is 0. The van der Waals surface area contributed by atoms with Gasteiger partial charge in [0.25, 0.3) is 5.91 Å². The molecule has 1 saturated heterocycles. The van der Waals surface area contributed by atoms with E-state index in [1.54, 1.807) is 12.1 Å². The van der Waals surface area contributed by atoms with Gasteiger partial charge in [-0.2, -0.15) is 0 Å². The molecule has 114 valence electrons. The summed E-state index contributed by atoms with van der Waals surface area (Å²) in [6, 6.07) is 6.06. The van der Waals surface area contributed by atoms with E-state index >= 15 is 0 Å². The Kier molecular flexibility index (Phi) is 4.15. The highest BCUT2D eigenvalue weighted by molar-refractivity contribution is 5.97. The Balaban J connectivity index is 1.75. The third kappa shape index (κ3) is 3.38. The highest BCUT2D eigenvalue weighted by Crippen LogP contribution is 2.31. The van der Waals surface area contributed by atoms with Crippen LogP contribution in [0.5, 0.6) is 5.75 Å². The number of nitrogens with one attached hydrogen (secondary N) is 1. The number of phenols is 1. The average Bonchev–Trinajstić information content (AvgIpc) is 3.30. The van der Waals surface area contributed by atoms with Gasteiger partial charge < -0.3 is 15.3 Å². The molecule has 1 aromatic rings. The molecule has 1 aromatic carbocycles. The quantitative estimate of drug-likeness (QED) is 0.895. The van der Waals surface area contributed by atoms with Crippen LogP contribution in [0.3, 0.4) is 0 Å². The van der Waals surface area contributed by atoms with Crippen molar-refractivity contribution in [3.8, 4) is 5.75 Å². The van der Waals surface area contributed by atoms with Gasteiger partial charge in [-0.15, -0.1) is 0 Å². The van der Waals surface area contributed by atoms with Crippen molar-refractivity contribution in [2.45, 2.75) is 51.1 Å². The minimum absolute atomic E-state index is 0.0256. The number of aryl methyl sites for hydroxylation is 1. The van der Waals surface area contributed by atoms with Crippen LogP contribution in [-0.4, -0.2) is 41.1 Å². The van der Waals surface area contributed by atoms with Gasteiger partial charge >= 0.3 is 0 Å². The zero-order valence-electron chi connectivity index (χ0n) is 12.6. The number of aromatic hydroxyl groups is 1. The topological polar surface area (TPSA) is 52.6 Å². The van der Waals surface area contributed by atoms with Crippen LogP contribution in [0.2, 0.25) is 0 Å². The van der Waals surface area contributed by atoms with Crippen LogP contribution in [0.15, 0.2) is 18.2 Å². The van der Waals surface area contributed by atoms with Gasteiger partial charge in [-0.05, 0) is 56.8 Å². The maximum atomic E-state index is 12.8. The highest BCUT2D eigenvalue weighted by Gasteiger charge is 2.35. The standard InChI is InChI=1S/C17H24N2O2/c1-12-5-8-15(16(20)10-12)17(21)19(14-6-7-14)11-13-4-2-3-9-18-13/h5,8,10,13-14,18,20H,2-4,6-7,9,11H2,1H3. The molecule has 0 bridgehead atoms. The molecule has 21 heavy (non-hydrogen) atoms. The number of piperidine rings is 1. The summed E-state index contributed by atoms with van der Waals surface area (Å²) in [6.07, 6.45) is 5.78. The molecule has 1 saturated carbocycles. The Morgan fingerprint density at radius 3 is 2.76 bits per heavy atom. The first-order valence-electron chi connectivity index (χ1n) is 7.99. The van der Waals surface area contributed by atoms with Crippen LogP contribution in [0, 0.1) is 6.92 Å². The van der Waals surface area contributed by atoms with Crippen LogP contribution >= 0.6 is 0 Å². The Bertz CT molecular complexity index is 520. The largest absolute Gasteiger partial charge is 0.507 e. The molecule has 1 aliphatic heterocycles. The van der Waals surface area contributed by atoms with Crippen molar-refractivity contribution >= 4 is 5.91 Å². The molecule has 1 amide bonds. The Morgan fingerprint density at radius 1 is 1.33 bits per heavy atom. The second kappa shape index (κ2) is 6.06. The number of amides is 1. The number of phenolic OH excluding ortho intramolecular Hbond substituents is 1. The molecule has 1 atom stereocenters. The first-order valence-corrected chi connectivity index (χ1v) is 7.99. The zero-order chi connectivity index (χ0) is 14.8. The minimum Gasteiger partial charge on any atom is -0.507 e. The fraction of sp³-hybridized carbons (Fsp3) is 0.588. The number of benzene rings is 1. The van der Waals surface area contributed by atoms with Gasteiger partial charge in [0.05, 0.1) is 5.56 Å². The van der Waals surface area contributed by atoms with Crippen molar-refractivity contribution in [2.24, 2.45) is 0 Å². The van der Waals surface area contributed by atoms with Crippen LogP contribution in [0.4, 0.5) is 0 Å². The zero-order valence-corrected chi connectivity index (χ0v) is 12.6. The van der Waals surface area contributed by atoms with E-state index in [9.17, 15) is 9.90 Å². The smallest absolute Gasteiger partial charge is 0.257 e. The summed E-state index contributed by atoms with van der Waals surface area (Å²) in [6.45, 7) is 3.72. The molecule has 2 fully saturated rings. The fourth-order valence-corrected chi connectivity index (χ4v) is 3.08. The Labute approximate surface area is 126 Å². The van der Waals surface area contributed by atoms with Crippen molar-refractivity contribution in [3.63, 3.8) is 0 Å². The molecule has 1 heterocycles. The number of rotatable bonds is 4. The highest BCUT2D eigenvalue weighted by atomic mass is 16.3. The molecule has 1 aliphatic carbocycles. The van der Waals surface area contributed by atoms with Gasteiger partial charge in [0.15, 0.2) is 0 Å². The lowest BCUT2D eigenvalue weighted by Gasteiger charge is -2.31. The first kappa shape index (κ1) is 14.4. The van der Waals surface area contributed by atoms with Crippen molar-refractivity contribution < 1.29 is 9.90 Å². The summed E-state index contributed by atoms with van der Waals surface area (Å²) in [4.78, 5) is 14.7.